The van der Waals surface area contributed by atoms with Crippen molar-refractivity contribution in [3.63, 3.8) is 0 Å². The Labute approximate surface area is 167 Å². The van der Waals surface area contributed by atoms with Gasteiger partial charge in [0, 0.05) is 6.04 Å². The zero-order valence-corrected chi connectivity index (χ0v) is 18.2. The molecule has 0 amide bonds. The SMILES string of the molecule is CC(C)[C@H](N[C@H](CO[Si](C)(C)C)c1ccccc1)c1ccc(C(F)(F)F)cc1. The van der Waals surface area contributed by atoms with Gasteiger partial charge in [0.2, 0.25) is 0 Å². The molecule has 0 heterocycles. The molecule has 28 heavy (non-hydrogen) atoms. The summed E-state index contributed by atoms with van der Waals surface area (Å²) in [6, 6.07) is 15.4. The van der Waals surface area contributed by atoms with Gasteiger partial charge in [0.05, 0.1) is 18.2 Å². The van der Waals surface area contributed by atoms with Gasteiger partial charge in [-0.05, 0) is 48.8 Å². The standard InChI is InChI=1S/C22H30F3NOSi/c1-16(2)21(18-11-13-19(14-12-18)22(23,24)25)26-20(15-27-28(3,4)5)17-9-7-6-8-10-17/h6-14,16,20-21,26H,15H2,1-5H3/t20-,21+/m1/s1. The van der Waals surface area contributed by atoms with E-state index in [4.69, 9.17) is 4.43 Å². The van der Waals surface area contributed by atoms with Crippen LogP contribution in [0.2, 0.25) is 19.6 Å². The molecular weight excluding hydrogens is 379 g/mol. The molecule has 0 bridgehead atoms. The van der Waals surface area contributed by atoms with Gasteiger partial charge in [0.15, 0.2) is 8.32 Å². The Kier molecular flexibility index (Phi) is 7.48. The van der Waals surface area contributed by atoms with Crippen LogP contribution in [-0.2, 0) is 10.6 Å². The normalized spacial score (nSPS) is 14.9. The Bertz CT molecular complexity index is 724. The van der Waals surface area contributed by atoms with E-state index in [2.05, 4.69) is 50.9 Å². The third-order valence-corrected chi connectivity index (χ3v) is 5.56. The first-order valence-electron chi connectivity index (χ1n) is 9.59. The fraction of sp³-hybridized carbons (Fsp3) is 0.455. The van der Waals surface area contributed by atoms with Crippen LogP contribution >= 0.6 is 0 Å². The molecule has 2 aromatic carbocycles. The highest BCUT2D eigenvalue weighted by atomic mass is 28.4. The summed E-state index contributed by atoms with van der Waals surface area (Å²) in [6.07, 6.45) is -4.32. The minimum atomic E-state index is -4.32. The molecule has 0 aliphatic rings. The summed E-state index contributed by atoms with van der Waals surface area (Å²) in [5.41, 5.74) is 1.33. The van der Waals surface area contributed by atoms with Crippen molar-refractivity contribution in [3.05, 3.63) is 71.3 Å². The van der Waals surface area contributed by atoms with Crippen LogP contribution in [0.1, 0.15) is 42.6 Å². The Morgan fingerprint density at radius 1 is 0.893 bits per heavy atom. The molecule has 0 saturated carbocycles. The van der Waals surface area contributed by atoms with Crippen molar-refractivity contribution in [2.75, 3.05) is 6.61 Å². The molecule has 2 aromatic rings. The van der Waals surface area contributed by atoms with Gasteiger partial charge in [-0.25, -0.2) is 0 Å². The Morgan fingerprint density at radius 3 is 1.93 bits per heavy atom. The van der Waals surface area contributed by atoms with Crippen LogP contribution in [0.25, 0.3) is 0 Å². The number of hydrogen-bond acceptors (Lipinski definition) is 2. The largest absolute Gasteiger partial charge is 0.416 e. The molecular formula is C22H30F3NOSi. The van der Waals surface area contributed by atoms with E-state index in [0.717, 1.165) is 23.3 Å². The van der Waals surface area contributed by atoms with E-state index in [1.54, 1.807) is 12.1 Å². The number of alkyl halides is 3. The molecule has 1 N–H and O–H groups in total. The van der Waals surface area contributed by atoms with Crippen molar-refractivity contribution < 1.29 is 17.6 Å². The van der Waals surface area contributed by atoms with Crippen LogP contribution in [-0.4, -0.2) is 14.9 Å². The summed E-state index contributed by atoms with van der Waals surface area (Å²) < 4.78 is 44.8. The highest BCUT2D eigenvalue weighted by Gasteiger charge is 2.31. The van der Waals surface area contributed by atoms with E-state index in [0.29, 0.717) is 6.61 Å². The van der Waals surface area contributed by atoms with Gasteiger partial charge >= 0.3 is 6.18 Å². The summed E-state index contributed by atoms with van der Waals surface area (Å²) >= 11 is 0. The molecule has 0 unspecified atom stereocenters. The molecule has 0 spiro atoms. The lowest BCUT2D eigenvalue weighted by molar-refractivity contribution is -0.137. The summed E-state index contributed by atoms with van der Waals surface area (Å²) in [6.45, 7) is 11.1. The first kappa shape index (κ1) is 22.7. The maximum atomic E-state index is 12.9. The number of rotatable bonds is 8. The molecule has 0 aliphatic heterocycles. The van der Waals surface area contributed by atoms with Crippen LogP contribution in [0.3, 0.4) is 0 Å². The average molecular weight is 410 g/mol. The fourth-order valence-electron chi connectivity index (χ4n) is 3.03. The predicted molar refractivity (Wildman–Crippen MR) is 111 cm³/mol. The Morgan fingerprint density at radius 2 is 1.46 bits per heavy atom. The zero-order chi connectivity index (χ0) is 20.9. The second-order valence-corrected chi connectivity index (χ2v) is 12.9. The molecule has 0 aromatic heterocycles. The monoisotopic (exact) mass is 409 g/mol. The van der Waals surface area contributed by atoms with Crippen molar-refractivity contribution in [2.45, 2.75) is 51.7 Å². The maximum absolute atomic E-state index is 12.9. The van der Waals surface area contributed by atoms with Gasteiger partial charge in [0.25, 0.3) is 0 Å². The molecule has 2 rings (SSSR count). The smallest absolute Gasteiger partial charge is 0.416 e. The fourth-order valence-corrected chi connectivity index (χ4v) is 3.70. The first-order chi connectivity index (χ1) is 13.0. The number of hydrogen-bond donors (Lipinski definition) is 1. The lowest BCUT2D eigenvalue weighted by Gasteiger charge is -2.31. The lowest BCUT2D eigenvalue weighted by atomic mass is 9.93. The number of benzene rings is 2. The zero-order valence-electron chi connectivity index (χ0n) is 17.2. The van der Waals surface area contributed by atoms with Gasteiger partial charge in [-0.3, -0.25) is 0 Å². The molecule has 154 valence electrons. The molecule has 6 heteroatoms. The van der Waals surface area contributed by atoms with E-state index in [1.807, 2.05) is 18.2 Å². The molecule has 0 radical (unpaired) electrons. The van der Waals surface area contributed by atoms with Crippen molar-refractivity contribution >= 4 is 8.32 Å². The van der Waals surface area contributed by atoms with Crippen LogP contribution in [0.15, 0.2) is 54.6 Å². The summed E-state index contributed by atoms with van der Waals surface area (Å²) in [7, 11) is -1.70. The van der Waals surface area contributed by atoms with E-state index in [9.17, 15) is 13.2 Å². The molecule has 0 saturated heterocycles. The topological polar surface area (TPSA) is 21.3 Å². The first-order valence-corrected chi connectivity index (χ1v) is 13.0. The van der Waals surface area contributed by atoms with E-state index in [-0.39, 0.29) is 18.0 Å². The predicted octanol–water partition coefficient (Wildman–Crippen LogP) is 6.58. The van der Waals surface area contributed by atoms with E-state index < -0.39 is 20.1 Å². The van der Waals surface area contributed by atoms with Crippen LogP contribution < -0.4 is 5.32 Å². The van der Waals surface area contributed by atoms with Crippen LogP contribution in [0.5, 0.6) is 0 Å². The highest BCUT2D eigenvalue weighted by Crippen LogP contribution is 2.32. The molecule has 2 atom stereocenters. The van der Waals surface area contributed by atoms with Gasteiger partial charge in [-0.15, -0.1) is 0 Å². The second-order valence-electron chi connectivity index (χ2n) is 8.39. The van der Waals surface area contributed by atoms with Crippen LogP contribution in [0, 0.1) is 5.92 Å². The third kappa shape index (κ3) is 6.76. The van der Waals surface area contributed by atoms with Crippen molar-refractivity contribution in [2.24, 2.45) is 5.92 Å². The summed E-state index contributed by atoms with van der Waals surface area (Å²) in [4.78, 5) is 0. The molecule has 0 aliphatic carbocycles. The van der Waals surface area contributed by atoms with Crippen molar-refractivity contribution in [3.8, 4) is 0 Å². The average Bonchev–Trinajstić information content (AvgIpc) is 2.61. The van der Waals surface area contributed by atoms with Gasteiger partial charge in [-0.2, -0.15) is 13.2 Å². The number of halogens is 3. The van der Waals surface area contributed by atoms with Gasteiger partial charge < -0.3 is 9.74 Å². The quantitative estimate of drug-likeness (QED) is 0.497. The lowest BCUT2D eigenvalue weighted by Crippen LogP contribution is -2.36. The third-order valence-electron chi connectivity index (χ3n) is 4.53. The summed E-state index contributed by atoms with van der Waals surface area (Å²) in [5.74, 6) is 0.204. The molecule has 2 nitrogen and oxygen atoms in total. The Balaban J connectivity index is 2.27. The van der Waals surface area contributed by atoms with E-state index in [1.165, 1.54) is 0 Å². The minimum Gasteiger partial charge on any atom is -0.416 e. The van der Waals surface area contributed by atoms with Gasteiger partial charge in [0.1, 0.15) is 0 Å². The Hall–Kier alpha value is -1.63. The maximum Gasteiger partial charge on any atom is 0.416 e. The van der Waals surface area contributed by atoms with Gasteiger partial charge in [-0.1, -0.05) is 56.3 Å². The molecule has 0 fully saturated rings. The second kappa shape index (κ2) is 9.24. The van der Waals surface area contributed by atoms with Crippen molar-refractivity contribution in [1.82, 2.24) is 5.32 Å². The van der Waals surface area contributed by atoms with Crippen molar-refractivity contribution in [1.29, 1.82) is 0 Å². The number of nitrogens with one attached hydrogen (secondary N) is 1. The van der Waals surface area contributed by atoms with Crippen LogP contribution in [0.4, 0.5) is 13.2 Å². The minimum absolute atomic E-state index is 0.0392. The summed E-state index contributed by atoms with van der Waals surface area (Å²) in [5, 5.41) is 3.63. The van der Waals surface area contributed by atoms with E-state index >= 15 is 0 Å². The highest BCUT2D eigenvalue weighted by molar-refractivity contribution is 6.69.